The minimum Gasteiger partial charge on any atom is -0.328 e. The fourth-order valence-corrected chi connectivity index (χ4v) is 2.39. The van der Waals surface area contributed by atoms with Crippen molar-refractivity contribution in [3.8, 4) is 0 Å². The summed E-state index contributed by atoms with van der Waals surface area (Å²) in [6.45, 7) is 2.07. The van der Waals surface area contributed by atoms with Crippen molar-refractivity contribution in [2.45, 2.75) is 50.7 Å². The molecule has 1 aliphatic rings. The van der Waals surface area contributed by atoms with Crippen LogP contribution >= 0.6 is 0 Å². The molecule has 1 saturated carbocycles. The molecule has 1 fully saturated rings. The Kier molecular flexibility index (Phi) is 4.36. The standard InChI is InChI=1S/C12H22N4/c13-11-4-1-5-12(10-11)14-6-2-8-16-9-3-7-15-16/h3,7,9,11-12,14H,1-2,4-6,8,10,13H2. The Hall–Kier alpha value is -0.870. The molecule has 0 saturated heterocycles. The fourth-order valence-electron chi connectivity index (χ4n) is 2.39. The van der Waals surface area contributed by atoms with Gasteiger partial charge < -0.3 is 11.1 Å². The predicted molar refractivity (Wildman–Crippen MR) is 65.1 cm³/mol. The number of aromatic nitrogens is 2. The second-order valence-corrected chi connectivity index (χ2v) is 4.70. The maximum atomic E-state index is 5.95. The van der Waals surface area contributed by atoms with Gasteiger partial charge in [0.05, 0.1) is 0 Å². The van der Waals surface area contributed by atoms with Crippen molar-refractivity contribution < 1.29 is 0 Å². The summed E-state index contributed by atoms with van der Waals surface area (Å²) >= 11 is 0. The highest BCUT2D eigenvalue weighted by Gasteiger charge is 2.17. The smallest absolute Gasteiger partial charge is 0.0489 e. The Balaban J connectivity index is 1.57. The number of nitrogens with one attached hydrogen (secondary N) is 1. The van der Waals surface area contributed by atoms with Crippen LogP contribution in [-0.2, 0) is 6.54 Å². The van der Waals surface area contributed by atoms with Crippen LogP contribution in [0.25, 0.3) is 0 Å². The molecule has 0 aromatic carbocycles. The van der Waals surface area contributed by atoms with Crippen LogP contribution in [0.1, 0.15) is 32.1 Å². The molecule has 4 nitrogen and oxygen atoms in total. The molecule has 0 spiro atoms. The Morgan fingerprint density at radius 3 is 3.12 bits per heavy atom. The molecule has 2 unspecified atom stereocenters. The largest absolute Gasteiger partial charge is 0.328 e. The summed E-state index contributed by atoms with van der Waals surface area (Å²) in [5.41, 5.74) is 5.95. The van der Waals surface area contributed by atoms with Gasteiger partial charge in [0.2, 0.25) is 0 Å². The molecule has 0 aliphatic heterocycles. The lowest BCUT2D eigenvalue weighted by Crippen LogP contribution is -2.39. The van der Waals surface area contributed by atoms with Crippen molar-refractivity contribution in [1.82, 2.24) is 15.1 Å². The van der Waals surface area contributed by atoms with Crippen LogP contribution in [0.3, 0.4) is 0 Å². The van der Waals surface area contributed by atoms with Crippen molar-refractivity contribution >= 4 is 0 Å². The van der Waals surface area contributed by atoms with Gasteiger partial charge in [0.15, 0.2) is 0 Å². The van der Waals surface area contributed by atoms with Crippen LogP contribution in [0, 0.1) is 0 Å². The third-order valence-corrected chi connectivity index (χ3v) is 3.27. The van der Waals surface area contributed by atoms with Gasteiger partial charge in [-0.3, -0.25) is 4.68 Å². The van der Waals surface area contributed by atoms with E-state index in [9.17, 15) is 0 Å². The van der Waals surface area contributed by atoms with Crippen LogP contribution in [0.5, 0.6) is 0 Å². The van der Waals surface area contributed by atoms with Gasteiger partial charge in [0.25, 0.3) is 0 Å². The summed E-state index contributed by atoms with van der Waals surface area (Å²) < 4.78 is 1.98. The predicted octanol–water partition coefficient (Wildman–Crippen LogP) is 1.13. The lowest BCUT2D eigenvalue weighted by Gasteiger charge is -2.27. The van der Waals surface area contributed by atoms with Gasteiger partial charge in [-0.1, -0.05) is 6.42 Å². The monoisotopic (exact) mass is 222 g/mol. The summed E-state index contributed by atoms with van der Waals surface area (Å²) in [5, 5.41) is 7.77. The molecule has 90 valence electrons. The first-order valence-electron chi connectivity index (χ1n) is 6.31. The minimum absolute atomic E-state index is 0.414. The van der Waals surface area contributed by atoms with Crippen LogP contribution in [0.4, 0.5) is 0 Å². The van der Waals surface area contributed by atoms with Crippen LogP contribution < -0.4 is 11.1 Å². The first-order valence-corrected chi connectivity index (χ1v) is 6.31. The van der Waals surface area contributed by atoms with E-state index in [0.717, 1.165) is 25.9 Å². The average molecular weight is 222 g/mol. The molecule has 2 atom stereocenters. The third kappa shape index (κ3) is 3.61. The maximum Gasteiger partial charge on any atom is 0.0489 e. The van der Waals surface area contributed by atoms with Crippen molar-refractivity contribution in [3.63, 3.8) is 0 Å². The molecular formula is C12H22N4. The molecule has 0 bridgehead atoms. The van der Waals surface area contributed by atoms with E-state index in [1.807, 2.05) is 23.1 Å². The first kappa shape index (κ1) is 11.6. The molecule has 4 heteroatoms. The van der Waals surface area contributed by atoms with Gasteiger partial charge in [-0.05, 0) is 38.3 Å². The molecule has 16 heavy (non-hydrogen) atoms. The highest BCUT2D eigenvalue weighted by molar-refractivity contribution is 4.80. The highest BCUT2D eigenvalue weighted by Crippen LogP contribution is 2.16. The lowest BCUT2D eigenvalue weighted by atomic mass is 9.91. The summed E-state index contributed by atoms with van der Waals surface area (Å²) in [4.78, 5) is 0. The molecule has 0 radical (unpaired) electrons. The van der Waals surface area contributed by atoms with Crippen molar-refractivity contribution in [1.29, 1.82) is 0 Å². The van der Waals surface area contributed by atoms with E-state index in [2.05, 4.69) is 10.4 Å². The number of hydrogen-bond acceptors (Lipinski definition) is 3. The van der Waals surface area contributed by atoms with E-state index in [-0.39, 0.29) is 0 Å². The van der Waals surface area contributed by atoms with Gasteiger partial charge in [-0.2, -0.15) is 5.10 Å². The van der Waals surface area contributed by atoms with Crippen LogP contribution in [-0.4, -0.2) is 28.4 Å². The molecule has 1 aromatic rings. The van der Waals surface area contributed by atoms with E-state index < -0.39 is 0 Å². The summed E-state index contributed by atoms with van der Waals surface area (Å²) in [5.74, 6) is 0. The molecule has 3 N–H and O–H groups in total. The second kappa shape index (κ2) is 6.01. The Morgan fingerprint density at radius 1 is 1.44 bits per heavy atom. The SMILES string of the molecule is NC1CCCC(NCCCn2cccn2)C1. The zero-order valence-electron chi connectivity index (χ0n) is 9.81. The lowest BCUT2D eigenvalue weighted by molar-refractivity contribution is 0.336. The summed E-state index contributed by atoms with van der Waals surface area (Å²) in [6.07, 6.45) is 9.87. The topological polar surface area (TPSA) is 55.9 Å². The number of nitrogens with zero attached hydrogens (tertiary/aromatic N) is 2. The van der Waals surface area contributed by atoms with Gasteiger partial charge in [0.1, 0.15) is 0 Å². The number of hydrogen-bond donors (Lipinski definition) is 2. The van der Waals surface area contributed by atoms with Gasteiger partial charge in [-0.15, -0.1) is 0 Å². The maximum absolute atomic E-state index is 5.95. The highest BCUT2D eigenvalue weighted by atomic mass is 15.3. The number of aryl methyl sites for hydroxylation is 1. The molecule has 1 heterocycles. The number of rotatable bonds is 5. The van der Waals surface area contributed by atoms with Crippen molar-refractivity contribution in [3.05, 3.63) is 18.5 Å². The molecule has 1 aliphatic carbocycles. The Morgan fingerprint density at radius 2 is 2.38 bits per heavy atom. The van der Waals surface area contributed by atoms with Crippen LogP contribution in [0.15, 0.2) is 18.5 Å². The molecule has 1 aromatic heterocycles. The zero-order chi connectivity index (χ0) is 11.2. The quantitative estimate of drug-likeness (QED) is 0.734. The molecular weight excluding hydrogens is 200 g/mol. The molecule has 0 amide bonds. The average Bonchev–Trinajstić information content (AvgIpc) is 2.77. The van der Waals surface area contributed by atoms with Crippen LogP contribution in [0.2, 0.25) is 0 Å². The van der Waals surface area contributed by atoms with E-state index in [0.29, 0.717) is 12.1 Å². The van der Waals surface area contributed by atoms with Gasteiger partial charge >= 0.3 is 0 Å². The Bertz CT molecular complexity index is 283. The van der Waals surface area contributed by atoms with E-state index >= 15 is 0 Å². The third-order valence-electron chi connectivity index (χ3n) is 3.27. The van der Waals surface area contributed by atoms with Crippen molar-refractivity contribution in [2.75, 3.05) is 6.54 Å². The van der Waals surface area contributed by atoms with E-state index in [1.54, 1.807) is 0 Å². The second-order valence-electron chi connectivity index (χ2n) is 4.70. The Labute approximate surface area is 97.2 Å². The normalized spacial score (nSPS) is 25.8. The van der Waals surface area contributed by atoms with Gasteiger partial charge in [-0.25, -0.2) is 0 Å². The molecule has 2 rings (SSSR count). The van der Waals surface area contributed by atoms with Gasteiger partial charge in [0, 0.05) is 31.0 Å². The summed E-state index contributed by atoms with van der Waals surface area (Å²) in [6, 6.07) is 3.02. The zero-order valence-corrected chi connectivity index (χ0v) is 9.81. The number of nitrogens with two attached hydrogens (primary N) is 1. The van der Waals surface area contributed by atoms with E-state index in [1.165, 1.54) is 19.3 Å². The fraction of sp³-hybridized carbons (Fsp3) is 0.750. The summed E-state index contributed by atoms with van der Waals surface area (Å²) in [7, 11) is 0. The minimum atomic E-state index is 0.414. The van der Waals surface area contributed by atoms with Crippen molar-refractivity contribution in [2.24, 2.45) is 5.73 Å². The van der Waals surface area contributed by atoms with E-state index in [4.69, 9.17) is 5.73 Å². The first-order chi connectivity index (χ1) is 7.84.